The number of halogens is 1. The molecule has 0 saturated carbocycles. The third-order valence-electron chi connectivity index (χ3n) is 3.12. The number of nitro groups is 1. The minimum atomic E-state index is -0.713. The molecule has 0 saturated heterocycles. The number of anilines is 1. The molecule has 1 amide bonds. The van der Waals surface area contributed by atoms with Crippen molar-refractivity contribution < 1.29 is 14.1 Å². The second kappa shape index (κ2) is 8.21. The van der Waals surface area contributed by atoms with Crippen molar-refractivity contribution in [2.45, 2.75) is 6.54 Å². The largest absolute Gasteiger partial charge is 0.386 e. The number of nitriles is 1. The Morgan fingerprint density at radius 1 is 1.28 bits per heavy atom. The molecule has 2 aromatic carbocycles. The molecular formula is C17H13FN4O3. The zero-order valence-electron chi connectivity index (χ0n) is 12.9. The van der Waals surface area contributed by atoms with Gasteiger partial charge in [0.15, 0.2) is 0 Å². The summed E-state index contributed by atoms with van der Waals surface area (Å²) in [6.07, 6.45) is 1.21. The lowest BCUT2D eigenvalue weighted by Gasteiger charge is -2.05. The van der Waals surface area contributed by atoms with E-state index < -0.39 is 10.8 Å². The van der Waals surface area contributed by atoms with Crippen LogP contribution in [0, 0.1) is 27.3 Å². The van der Waals surface area contributed by atoms with E-state index in [0.717, 1.165) is 0 Å². The number of rotatable bonds is 6. The molecule has 126 valence electrons. The van der Waals surface area contributed by atoms with Crippen molar-refractivity contribution in [2.24, 2.45) is 0 Å². The summed E-state index contributed by atoms with van der Waals surface area (Å²) < 4.78 is 13.1. The predicted octanol–water partition coefficient (Wildman–Crippen LogP) is 2.87. The molecule has 0 heterocycles. The Morgan fingerprint density at radius 3 is 2.72 bits per heavy atom. The molecule has 0 spiro atoms. The molecule has 2 rings (SSSR count). The number of carbonyl (C=O) groups is 1. The highest BCUT2D eigenvalue weighted by Gasteiger charge is 2.11. The molecule has 0 atom stereocenters. The fraction of sp³-hybridized carbons (Fsp3) is 0.0588. The molecule has 2 aromatic rings. The summed E-state index contributed by atoms with van der Waals surface area (Å²) in [5, 5.41) is 25.0. The predicted molar refractivity (Wildman–Crippen MR) is 88.7 cm³/mol. The first-order valence-corrected chi connectivity index (χ1v) is 7.13. The molecule has 7 nitrogen and oxygen atoms in total. The van der Waals surface area contributed by atoms with Gasteiger partial charge in [-0.1, -0.05) is 18.2 Å². The molecule has 0 fully saturated rings. The SMILES string of the molecule is N#C/C(=C/NCc1cccc(F)c1)C(=O)Nc1cccc([N+](=O)[O-])c1. The third-order valence-corrected chi connectivity index (χ3v) is 3.12. The highest BCUT2D eigenvalue weighted by atomic mass is 19.1. The monoisotopic (exact) mass is 340 g/mol. The lowest BCUT2D eigenvalue weighted by molar-refractivity contribution is -0.384. The third kappa shape index (κ3) is 5.14. The van der Waals surface area contributed by atoms with E-state index in [2.05, 4.69) is 10.6 Å². The Morgan fingerprint density at radius 2 is 2.04 bits per heavy atom. The number of benzene rings is 2. The number of carbonyl (C=O) groups excluding carboxylic acids is 1. The molecule has 25 heavy (non-hydrogen) atoms. The van der Waals surface area contributed by atoms with E-state index >= 15 is 0 Å². The maximum absolute atomic E-state index is 13.1. The van der Waals surface area contributed by atoms with E-state index in [1.165, 1.54) is 42.6 Å². The van der Waals surface area contributed by atoms with Gasteiger partial charge in [-0.15, -0.1) is 0 Å². The van der Waals surface area contributed by atoms with Crippen molar-refractivity contribution in [1.82, 2.24) is 5.32 Å². The molecule has 0 aliphatic carbocycles. The molecule has 0 radical (unpaired) electrons. The van der Waals surface area contributed by atoms with Crippen LogP contribution < -0.4 is 10.6 Å². The van der Waals surface area contributed by atoms with Crippen LogP contribution >= 0.6 is 0 Å². The van der Waals surface area contributed by atoms with Crippen LogP contribution in [0.5, 0.6) is 0 Å². The smallest absolute Gasteiger partial charge is 0.271 e. The first-order valence-electron chi connectivity index (χ1n) is 7.13. The minimum absolute atomic E-state index is 0.176. The summed E-state index contributed by atoms with van der Waals surface area (Å²) in [6, 6.07) is 13.0. The van der Waals surface area contributed by atoms with Crippen molar-refractivity contribution in [2.75, 3.05) is 5.32 Å². The maximum atomic E-state index is 13.1. The van der Waals surface area contributed by atoms with Crippen molar-refractivity contribution >= 4 is 17.3 Å². The normalized spacial score (nSPS) is 10.6. The quantitative estimate of drug-likeness (QED) is 0.364. The Hall–Kier alpha value is -3.73. The summed E-state index contributed by atoms with van der Waals surface area (Å²) in [5.74, 6) is -1.10. The van der Waals surface area contributed by atoms with Crippen molar-refractivity contribution in [1.29, 1.82) is 5.26 Å². The average Bonchev–Trinajstić information content (AvgIpc) is 2.59. The first kappa shape index (κ1) is 17.6. The van der Waals surface area contributed by atoms with Crippen molar-refractivity contribution in [3.8, 4) is 6.07 Å². The summed E-state index contributed by atoms with van der Waals surface area (Å²) in [7, 11) is 0. The number of amides is 1. The van der Waals surface area contributed by atoms with Crippen LogP contribution in [-0.2, 0) is 11.3 Å². The fourth-order valence-electron chi connectivity index (χ4n) is 1.96. The highest BCUT2D eigenvalue weighted by molar-refractivity contribution is 6.06. The number of non-ortho nitro benzene ring substituents is 1. The van der Waals surface area contributed by atoms with Crippen LogP contribution in [0.1, 0.15) is 5.56 Å². The summed E-state index contributed by atoms with van der Waals surface area (Å²) >= 11 is 0. The zero-order chi connectivity index (χ0) is 18.2. The van der Waals surface area contributed by atoms with Crippen LogP contribution in [0.4, 0.5) is 15.8 Å². The van der Waals surface area contributed by atoms with E-state index in [1.807, 2.05) is 0 Å². The average molecular weight is 340 g/mol. The van der Waals surface area contributed by atoms with E-state index in [-0.39, 0.29) is 29.3 Å². The van der Waals surface area contributed by atoms with Gasteiger partial charge >= 0.3 is 0 Å². The Bertz CT molecular complexity index is 874. The van der Waals surface area contributed by atoms with Gasteiger partial charge in [-0.25, -0.2) is 4.39 Å². The molecule has 0 aromatic heterocycles. The van der Waals surface area contributed by atoms with Crippen LogP contribution in [0.2, 0.25) is 0 Å². The van der Waals surface area contributed by atoms with E-state index in [1.54, 1.807) is 18.2 Å². The van der Waals surface area contributed by atoms with Gasteiger partial charge in [-0.2, -0.15) is 5.26 Å². The van der Waals surface area contributed by atoms with E-state index in [4.69, 9.17) is 5.26 Å². The van der Waals surface area contributed by atoms with Crippen LogP contribution in [0.15, 0.2) is 60.3 Å². The molecule has 2 N–H and O–H groups in total. The first-order chi connectivity index (χ1) is 12.0. The lowest BCUT2D eigenvalue weighted by atomic mass is 10.2. The van der Waals surface area contributed by atoms with Gasteiger partial charge in [-0.05, 0) is 23.8 Å². The van der Waals surface area contributed by atoms with Crippen LogP contribution in [0.25, 0.3) is 0 Å². The second-order valence-corrected chi connectivity index (χ2v) is 4.94. The van der Waals surface area contributed by atoms with Crippen molar-refractivity contribution in [3.63, 3.8) is 0 Å². The molecule has 8 heteroatoms. The number of hydrogen-bond acceptors (Lipinski definition) is 5. The zero-order valence-corrected chi connectivity index (χ0v) is 12.9. The van der Waals surface area contributed by atoms with Gasteiger partial charge in [0.1, 0.15) is 17.5 Å². The topological polar surface area (TPSA) is 108 Å². The fourth-order valence-corrected chi connectivity index (χ4v) is 1.96. The van der Waals surface area contributed by atoms with Gasteiger partial charge in [0.2, 0.25) is 0 Å². The van der Waals surface area contributed by atoms with Gasteiger partial charge in [0, 0.05) is 30.6 Å². The lowest BCUT2D eigenvalue weighted by Crippen LogP contribution is -2.16. The van der Waals surface area contributed by atoms with Gasteiger partial charge in [-0.3, -0.25) is 14.9 Å². The number of nitro benzene ring substituents is 1. The van der Waals surface area contributed by atoms with Gasteiger partial charge in [0.25, 0.3) is 11.6 Å². The molecule has 0 unspecified atom stereocenters. The van der Waals surface area contributed by atoms with Crippen LogP contribution in [0.3, 0.4) is 0 Å². The molecule has 0 aliphatic rings. The summed E-state index contributed by atoms with van der Waals surface area (Å²) in [4.78, 5) is 22.2. The van der Waals surface area contributed by atoms with E-state index in [0.29, 0.717) is 5.56 Å². The number of hydrogen-bond donors (Lipinski definition) is 2. The van der Waals surface area contributed by atoms with Gasteiger partial charge in [0.05, 0.1) is 4.92 Å². The van der Waals surface area contributed by atoms with E-state index in [9.17, 15) is 19.3 Å². The highest BCUT2D eigenvalue weighted by Crippen LogP contribution is 2.17. The summed E-state index contributed by atoms with van der Waals surface area (Å²) in [6.45, 7) is 0.229. The molecular weight excluding hydrogens is 327 g/mol. The standard InChI is InChI=1S/C17H13FN4O3/c18-14-4-1-3-12(7-14)10-20-11-13(9-19)17(23)21-15-5-2-6-16(8-15)22(24)25/h1-8,11,20H,10H2,(H,21,23)/b13-11-. The van der Waals surface area contributed by atoms with Crippen molar-refractivity contribution in [3.05, 3.63) is 81.8 Å². The number of nitrogens with one attached hydrogen (secondary N) is 2. The minimum Gasteiger partial charge on any atom is -0.386 e. The Balaban J connectivity index is 2.02. The Labute approximate surface area is 142 Å². The Kier molecular flexibility index (Phi) is 5.79. The van der Waals surface area contributed by atoms with Gasteiger partial charge < -0.3 is 10.6 Å². The molecule has 0 bridgehead atoms. The maximum Gasteiger partial charge on any atom is 0.271 e. The molecule has 0 aliphatic heterocycles. The second-order valence-electron chi connectivity index (χ2n) is 4.94. The van der Waals surface area contributed by atoms with Crippen LogP contribution in [-0.4, -0.2) is 10.8 Å². The number of nitrogens with zero attached hydrogens (tertiary/aromatic N) is 2. The summed E-state index contributed by atoms with van der Waals surface area (Å²) in [5.41, 5.74) is 0.450.